The van der Waals surface area contributed by atoms with E-state index in [1.165, 1.54) is 20.0 Å². The van der Waals surface area contributed by atoms with Gasteiger partial charge >= 0.3 is 0 Å². The summed E-state index contributed by atoms with van der Waals surface area (Å²) in [6, 6.07) is 15.9. The first-order valence-corrected chi connectivity index (χ1v) is 21.5. The first-order valence-electron chi connectivity index (χ1n) is 21.5. The number of nitrogen functional groups attached to an aromatic ring is 2. The number of nitriles is 1. The maximum absolute atomic E-state index is 14.7. The molecule has 5 rings (SSSR count). The topological polar surface area (TPSA) is 322 Å². The van der Waals surface area contributed by atoms with Crippen LogP contribution in [-0.4, -0.2) is 104 Å². The summed E-state index contributed by atoms with van der Waals surface area (Å²) in [4.78, 5) is 75.8. The van der Waals surface area contributed by atoms with E-state index < -0.39 is 53.7 Å². The monoisotopic (exact) mass is 904 g/mol. The molecular formula is C47H60N12O7. The zero-order valence-electron chi connectivity index (χ0n) is 37.9. The van der Waals surface area contributed by atoms with Gasteiger partial charge in [0.25, 0.3) is 5.91 Å². The average Bonchev–Trinajstić information content (AvgIpc) is 3.29. The fourth-order valence-corrected chi connectivity index (χ4v) is 7.45. The smallest absolute Gasteiger partial charge is 0.255 e. The van der Waals surface area contributed by atoms with E-state index in [-0.39, 0.29) is 80.3 Å². The molecule has 1 aliphatic heterocycles. The number of nitrogens with two attached hydrogens (primary N) is 5. The third-order valence-corrected chi connectivity index (χ3v) is 11.0. The lowest BCUT2D eigenvalue weighted by Crippen LogP contribution is -2.56. The van der Waals surface area contributed by atoms with Crippen molar-refractivity contribution in [3.05, 3.63) is 89.0 Å². The van der Waals surface area contributed by atoms with Crippen LogP contribution in [0.1, 0.15) is 67.2 Å². The molecule has 0 spiro atoms. The lowest BCUT2D eigenvalue weighted by atomic mass is 9.86. The fraction of sp³-hybridized carbons (Fsp3) is 0.383. The average molecular weight is 905 g/mol. The van der Waals surface area contributed by atoms with Crippen molar-refractivity contribution >= 4 is 41.0 Å². The summed E-state index contributed by atoms with van der Waals surface area (Å²) >= 11 is 0. The number of likely N-dealkylation sites (N-methyl/N-ethyl adjacent to an activating group) is 1. The zero-order valence-corrected chi connectivity index (χ0v) is 37.9. The van der Waals surface area contributed by atoms with Gasteiger partial charge in [-0.1, -0.05) is 57.2 Å². The van der Waals surface area contributed by atoms with Crippen molar-refractivity contribution in [3.8, 4) is 40.0 Å². The Morgan fingerprint density at radius 3 is 2.14 bits per heavy atom. The molecule has 14 N–H and O–H groups in total. The first-order chi connectivity index (χ1) is 31.4. The van der Waals surface area contributed by atoms with E-state index in [1.807, 2.05) is 30.3 Å². The maximum atomic E-state index is 14.7. The number of fused-ring (bicyclic) bond motifs is 5. The van der Waals surface area contributed by atoms with Gasteiger partial charge in [0.2, 0.25) is 23.6 Å². The van der Waals surface area contributed by atoms with E-state index in [1.54, 1.807) is 36.4 Å². The molecule has 19 nitrogen and oxygen atoms in total. The fourth-order valence-electron chi connectivity index (χ4n) is 7.45. The predicted octanol–water partition coefficient (Wildman–Crippen LogP) is 1.38. The van der Waals surface area contributed by atoms with Crippen molar-refractivity contribution in [2.45, 2.75) is 70.1 Å². The number of carbonyl (C=O) groups excluding carboxylic acids is 5. The van der Waals surface area contributed by atoms with Gasteiger partial charge < -0.3 is 64.3 Å². The summed E-state index contributed by atoms with van der Waals surface area (Å²) in [6.07, 6.45) is -0.0609. The Morgan fingerprint density at radius 2 is 1.53 bits per heavy atom. The van der Waals surface area contributed by atoms with Crippen LogP contribution in [0.25, 0.3) is 22.4 Å². The number of benzene rings is 3. The number of hydrogen-bond acceptors (Lipinski definition) is 14. The van der Waals surface area contributed by atoms with Crippen molar-refractivity contribution in [1.29, 1.82) is 5.26 Å². The molecular weight excluding hydrogens is 845 g/mol. The summed E-state index contributed by atoms with van der Waals surface area (Å²) in [5, 5.41) is 19.8. The molecule has 4 bridgehead atoms. The number of amides is 5. The van der Waals surface area contributed by atoms with Crippen LogP contribution in [0.3, 0.4) is 0 Å². The summed E-state index contributed by atoms with van der Waals surface area (Å²) in [7, 11) is 1.38. The molecule has 19 heteroatoms. The first kappa shape index (κ1) is 49.7. The molecule has 350 valence electrons. The molecule has 2 heterocycles. The Balaban J connectivity index is 1.57. The van der Waals surface area contributed by atoms with Gasteiger partial charge in [-0.05, 0) is 72.3 Å². The molecule has 1 unspecified atom stereocenters. The predicted molar refractivity (Wildman–Crippen MR) is 250 cm³/mol. The van der Waals surface area contributed by atoms with Crippen LogP contribution in [0.15, 0.2) is 66.7 Å². The molecule has 4 atom stereocenters. The normalized spacial score (nSPS) is 16.6. The minimum atomic E-state index is -1.44. The van der Waals surface area contributed by atoms with Gasteiger partial charge in [-0.2, -0.15) is 5.26 Å². The second kappa shape index (κ2) is 22.1. The number of hydrogen-bond donors (Lipinski definition) is 9. The molecule has 66 heavy (non-hydrogen) atoms. The third kappa shape index (κ3) is 11.9. The van der Waals surface area contributed by atoms with E-state index >= 15 is 0 Å². The third-order valence-electron chi connectivity index (χ3n) is 11.0. The van der Waals surface area contributed by atoms with E-state index in [2.05, 4.69) is 47.0 Å². The number of ether oxygens (including phenoxy) is 2. The second-order valence-corrected chi connectivity index (χ2v) is 16.9. The molecule has 0 radical (unpaired) electrons. The molecule has 3 aromatic carbocycles. The van der Waals surface area contributed by atoms with Crippen LogP contribution in [-0.2, 0) is 31.0 Å². The summed E-state index contributed by atoms with van der Waals surface area (Å²) in [5.74, 6) is -2.99. The Bertz CT molecular complexity index is 2470. The van der Waals surface area contributed by atoms with Gasteiger partial charge in [0.05, 0.1) is 23.0 Å². The van der Waals surface area contributed by atoms with Crippen LogP contribution in [0.2, 0.25) is 0 Å². The molecule has 5 amide bonds. The molecule has 1 aliphatic rings. The van der Waals surface area contributed by atoms with Gasteiger partial charge in [0, 0.05) is 43.2 Å². The van der Waals surface area contributed by atoms with E-state index in [0.717, 1.165) is 10.5 Å². The van der Waals surface area contributed by atoms with Crippen LogP contribution >= 0.6 is 0 Å². The van der Waals surface area contributed by atoms with Crippen LogP contribution in [0.5, 0.6) is 11.5 Å². The van der Waals surface area contributed by atoms with Crippen LogP contribution < -0.4 is 59.4 Å². The zero-order chi connectivity index (χ0) is 48.3. The van der Waals surface area contributed by atoms with Crippen LogP contribution in [0, 0.1) is 11.3 Å². The van der Waals surface area contributed by atoms with Gasteiger partial charge in [-0.3, -0.25) is 24.0 Å². The molecule has 0 saturated carbocycles. The number of aromatic nitrogens is 1. The van der Waals surface area contributed by atoms with E-state index in [0.29, 0.717) is 39.4 Å². The van der Waals surface area contributed by atoms with E-state index in [4.69, 9.17) is 43.4 Å². The van der Waals surface area contributed by atoms with Gasteiger partial charge in [-0.25, -0.2) is 4.98 Å². The van der Waals surface area contributed by atoms with Crippen LogP contribution in [0.4, 0.5) is 11.5 Å². The van der Waals surface area contributed by atoms with Crippen molar-refractivity contribution in [2.75, 3.05) is 57.9 Å². The van der Waals surface area contributed by atoms with Crippen molar-refractivity contribution in [2.24, 2.45) is 17.2 Å². The van der Waals surface area contributed by atoms with Crippen molar-refractivity contribution in [1.82, 2.24) is 31.2 Å². The molecule has 4 aromatic rings. The molecule has 0 fully saturated rings. The lowest BCUT2D eigenvalue weighted by Gasteiger charge is -2.32. The Labute approximate surface area is 384 Å². The number of carbonyl (C=O) groups is 5. The number of anilines is 2. The second-order valence-electron chi connectivity index (χ2n) is 16.9. The summed E-state index contributed by atoms with van der Waals surface area (Å²) in [5.41, 5.74) is 34.4. The standard InChI is InChI=1S/C47H60N12O7/c1-26-42(60)57-36(44(62)54-19-16-49)23-27-6-12-37(65-20-17-50)31(22-27)32-24-29(9-13-38(32)66-21-18-51)40(45(63)55-26)59(5)46(64)35(14-15-48)56-43(61)33-25-34(52)39(58-41(33)53)28-7-10-30(11-8-28)47(2,3)4/h6-13,22,24-26,35-36,40H,14-15,17-21,23,48,50-52H2,1-5H3,(H2,53,58)(H,54,62)(H,55,63)(H,56,61)(H,57,60)/t26-,35?,36-,40-/m0/s1. The highest BCUT2D eigenvalue weighted by molar-refractivity contribution is 6.03. The number of nitrogens with zero attached hydrogens (tertiary/aromatic N) is 3. The SMILES string of the molecule is C[C@@H]1NC(=O)[C@@H](N(C)C(=O)C(CCN)NC(=O)c2cc(N)c(-c3ccc(C(C)(C)C)cc3)nc2N)c2ccc(OCCN)c(c2)-c2cc(ccc2OCCN)C[C@@H](C(=O)NCC#N)NC1=O. The highest BCUT2D eigenvalue weighted by Crippen LogP contribution is 2.40. The number of nitrogens with one attached hydrogen (secondary N) is 4. The minimum absolute atomic E-state index is 0.00939. The molecule has 0 aliphatic carbocycles. The molecule has 0 saturated heterocycles. The molecule has 1 aromatic heterocycles. The highest BCUT2D eigenvalue weighted by Gasteiger charge is 2.36. The summed E-state index contributed by atoms with van der Waals surface area (Å²) < 4.78 is 12.2. The highest BCUT2D eigenvalue weighted by atomic mass is 16.5. The van der Waals surface area contributed by atoms with Gasteiger partial charge in [-0.15, -0.1) is 0 Å². The Hall–Kier alpha value is -7.27. The number of pyridine rings is 1. The van der Waals surface area contributed by atoms with E-state index in [9.17, 15) is 24.0 Å². The minimum Gasteiger partial charge on any atom is -0.492 e. The number of rotatable bonds is 15. The summed E-state index contributed by atoms with van der Waals surface area (Å²) in [6.45, 7) is 7.99. The van der Waals surface area contributed by atoms with Crippen molar-refractivity contribution < 1.29 is 33.4 Å². The Kier molecular flexibility index (Phi) is 16.6. The van der Waals surface area contributed by atoms with Crippen molar-refractivity contribution in [3.63, 3.8) is 0 Å². The maximum Gasteiger partial charge on any atom is 0.255 e. The lowest BCUT2D eigenvalue weighted by molar-refractivity contribution is -0.141. The Morgan fingerprint density at radius 1 is 0.894 bits per heavy atom. The van der Waals surface area contributed by atoms with Gasteiger partial charge in [0.1, 0.15) is 61.2 Å². The van der Waals surface area contributed by atoms with Gasteiger partial charge in [0.15, 0.2) is 0 Å². The quantitative estimate of drug-likeness (QED) is 0.0762. The largest absolute Gasteiger partial charge is 0.492 e.